The van der Waals surface area contributed by atoms with Crippen molar-refractivity contribution in [2.24, 2.45) is 0 Å². The summed E-state index contributed by atoms with van der Waals surface area (Å²) in [5.74, 6) is -0.111. The topological polar surface area (TPSA) is 101 Å². The summed E-state index contributed by atoms with van der Waals surface area (Å²) in [6.07, 6.45) is 5.62. The first-order valence-corrected chi connectivity index (χ1v) is 11.9. The number of ether oxygens (including phenoxy) is 1. The zero-order valence-electron chi connectivity index (χ0n) is 18.6. The number of aliphatic carboxylic acids is 1. The van der Waals surface area contributed by atoms with Crippen LogP contribution >= 0.6 is 11.8 Å². The summed E-state index contributed by atoms with van der Waals surface area (Å²) in [7, 11) is 1.60. The van der Waals surface area contributed by atoms with Crippen LogP contribution in [0.25, 0.3) is 11.1 Å². The predicted octanol–water partition coefficient (Wildman–Crippen LogP) is 4.31. The van der Waals surface area contributed by atoms with Crippen molar-refractivity contribution < 1.29 is 19.4 Å². The first-order valence-electron chi connectivity index (χ1n) is 10.5. The van der Waals surface area contributed by atoms with Crippen molar-refractivity contribution in [2.75, 3.05) is 24.4 Å². The molecule has 0 aliphatic carbocycles. The van der Waals surface area contributed by atoms with Crippen LogP contribution < -0.4 is 15.4 Å². The number of carboxylic acid groups (broad SMARTS) is 1. The van der Waals surface area contributed by atoms with Crippen LogP contribution in [-0.4, -0.2) is 47.1 Å². The Kier molecular flexibility index (Phi) is 8.71. The van der Waals surface area contributed by atoms with Crippen LogP contribution in [0.1, 0.15) is 22.3 Å². The van der Waals surface area contributed by atoms with E-state index in [1.54, 1.807) is 43.4 Å². The number of amides is 1. The maximum atomic E-state index is 13.1. The predicted molar refractivity (Wildman–Crippen MR) is 132 cm³/mol. The van der Waals surface area contributed by atoms with Gasteiger partial charge in [0.15, 0.2) is 0 Å². The summed E-state index contributed by atoms with van der Waals surface area (Å²) >= 11 is 1.54. The molecular formula is C25H27N3O4S. The Morgan fingerprint density at radius 3 is 2.64 bits per heavy atom. The molecule has 0 saturated carbocycles. The number of carbonyl (C=O) groups excluding carboxylic acids is 1. The first kappa shape index (κ1) is 24.1. The van der Waals surface area contributed by atoms with Gasteiger partial charge in [0.05, 0.1) is 19.0 Å². The number of anilines is 1. The molecule has 2 aromatic carbocycles. The average Bonchev–Trinajstić information content (AvgIpc) is 2.85. The van der Waals surface area contributed by atoms with Crippen molar-refractivity contribution in [3.05, 3.63) is 78.1 Å². The lowest BCUT2D eigenvalue weighted by molar-refractivity contribution is -0.139. The third-order valence-electron chi connectivity index (χ3n) is 5.11. The van der Waals surface area contributed by atoms with Crippen LogP contribution in [0.5, 0.6) is 5.75 Å². The molecule has 0 spiro atoms. The van der Waals surface area contributed by atoms with Gasteiger partial charge >= 0.3 is 5.97 Å². The summed E-state index contributed by atoms with van der Waals surface area (Å²) < 4.78 is 5.36. The number of nitrogens with zero attached hydrogens (tertiary/aromatic N) is 1. The summed E-state index contributed by atoms with van der Waals surface area (Å²) in [6.45, 7) is 0.495. The Labute approximate surface area is 197 Å². The highest BCUT2D eigenvalue weighted by molar-refractivity contribution is 7.98. The lowest BCUT2D eigenvalue weighted by Gasteiger charge is -2.17. The van der Waals surface area contributed by atoms with Gasteiger partial charge in [0.2, 0.25) is 0 Å². The second-order valence-electron chi connectivity index (χ2n) is 7.32. The van der Waals surface area contributed by atoms with Gasteiger partial charge in [-0.1, -0.05) is 36.4 Å². The van der Waals surface area contributed by atoms with E-state index >= 15 is 0 Å². The highest BCUT2D eigenvalue weighted by Crippen LogP contribution is 2.27. The minimum atomic E-state index is -1.04. The Balaban J connectivity index is 1.88. The molecule has 172 valence electrons. The van der Waals surface area contributed by atoms with Gasteiger partial charge in [0.1, 0.15) is 11.8 Å². The van der Waals surface area contributed by atoms with Crippen molar-refractivity contribution in [1.29, 1.82) is 0 Å². The van der Waals surface area contributed by atoms with E-state index < -0.39 is 17.9 Å². The number of benzene rings is 2. The zero-order chi connectivity index (χ0) is 23.6. The van der Waals surface area contributed by atoms with E-state index in [2.05, 4.69) is 15.6 Å². The molecule has 8 heteroatoms. The van der Waals surface area contributed by atoms with Gasteiger partial charge in [-0.15, -0.1) is 0 Å². The summed E-state index contributed by atoms with van der Waals surface area (Å²) in [4.78, 5) is 28.8. The summed E-state index contributed by atoms with van der Waals surface area (Å²) in [6, 6.07) is 15.9. The minimum Gasteiger partial charge on any atom is -0.494 e. The number of thioether (sulfide) groups is 1. The Hall–Kier alpha value is -3.52. The molecule has 33 heavy (non-hydrogen) atoms. The fraction of sp³-hybridized carbons (Fsp3) is 0.240. The highest BCUT2D eigenvalue weighted by Gasteiger charge is 2.22. The van der Waals surface area contributed by atoms with Gasteiger partial charge in [-0.3, -0.25) is 9.78 Å². The van der Waals surface area contributed by atoms with E-state index in [0.717, 1.165) is 22.4 Å². The molecule has 0 aliphatic rings. The molecule has 1 heterocycles. The van der Waals surface area contributed by atoms with Crippen LogP contribution in [0.15, 0.2) is 67.0 Å². The number of hydrogen-bond donors (Lipinski definition) is 3. The number of nitrogens with one attached hydrogen (secondary N) is 2. The number of rotatable bonds is 11. The maximum Gasteiger partial charge on any atom is 0.326 e. The number of carbonyl (C=O) groups is 2. The SMILES string of the molecule is COc1ccncc1NCc1ccc(C(=O)N[C@@H](CCSC)C(=O)O)c(-c2ccccc2)c1. The number of methoxy groups -OCH3 is 1. The Morgan fingerprint density at radius 1 is 1.15 bits per heavy atom. The number of carboxylic acids is 1. The Morgan fingerprint density at radius 2 is 1.94 bits per heavy atom. The van der Waals surface area contributed by atoms with Gasteiger partial charge in [-0.25, -0.2) is 4.79 Å². The molecule has 0 bridgehead atoms. The molecule has 0 unspecified atom stereocenters. The van der Waals surface area contributed by atoms with Gasteiger partial charge in [0, 0.05) is 24.4 Å². The van der Waals surface area contributed by atoms with Crippen molar-refractivity contribution in [3.8, 4) is 16.9 Å². The highest BCUT2D eigenvalue weighted by atomic mass is 32.2. The molecule has 1 atom stereocenters. The molecule has 0 fully saturated rings. The molecule has 0 radical (unpaired) electrons. The second kappa shape index (κ2) is 11.9. The van der Waals surface area contributed by atoms with E-state index in [1.807, 2.05) is 48.7 Å². The van der Waals surface area contributed by atoms with Gasteiger partial charge in [-0.05, 0) is 47.3 Å². The lowest BCUT2D eigenvalue weighted by atomic mass is 9.96. The molecule has 1 aromatic heterocycles. The van der Waals surface area contributed by atoms with Crippen LogP contribution in [0.4, 0.5) is 5.69 Å². The molecule has 3 aromatic rings. The van der Waals surface area contributed by atoms with E-state index in [4.69, 9.17) is 4.74 Å². The standard InChI is InChI=1S/C25H27N3O4S/c1-32-23-10-12-26-16-22(23)27-15-17-8-9-19(20(14-17)18-6-4-3-5-7-18)24(29)28-21(25(30)31)11-13-33-2/h3-10,12,14,16,21,27H,11,13,15H2,1-2H3,(H,28,29)(H,30,31)/t21-/m0/s1. The average molecular weight is 466 g/mol. The van der Waals surface area contributed by atoms with Crippen molar-refractivity contribution in [1.82, 2.24) is 10.3 Å². The summed E-state index contributed by atoms with van der Waals surface area (Å²) in [5, 5.41) is 15.5. The van der Waals surface area contributed by atoms with Crippen molar-refractivity contribution in [2.45, 2.75) is 19.0 Å². The van der Waals surface area contributed by atoms with Gasteiger partial charge in [-0.2, -0.15) is 11.8 Å². The smallest absolute Gasteiger partial charge is 0.326 e. The molecule has 0 saturated heterocycles. The van der Waals surface area contributed by atoms with E-state index in [-0.39, 0.29) is 0 Å². The van der Waals surface area contributed by atoms with Gasteiger partial charge < -0.3 is 20.5 Å². The molecule has 1 amide bonds. The number of pyridine rings is 1. The minimum absolute atomic E-state index is 0.359. The molecule has 7 nitrogen and oxygen atoms in total. The van der Waals surface area contributed by atoms with E-state index in [1.165, 1.54) is 0 Å². The molecule has 3 N–H and O–H groups in total. The first-order chi connectivity index (χ1) is 16.0. The zero-order valence-corrected chi connectivity index (χ0v) is 19.4. The monoisotopic (exact) mass is 465 g/mol. The lowest BCUT2D eigenvalue weighted by Crippen LogP contribution is -2.41. The van der Waals surface area contributed by atoms with Crippen molar-refractivity contribution in [3.63, 3.8) is 0 Å². The Bertz CT molecular complexity index is 1090. The fourth-order valence-corrected chi connectivity index (χ4v) is 3.85. The number of aromatic nitrogens is 1. The third-order valence-corrected chi connectivity index (χ3v) is 5.76. The fourth-order valence-electron chi connectivity index (χ4n) is 3.37. The molecular weight excluding hydrogens is 438 g/mol. The van der Waals surface area contributed by atoms with E-state index in [9.17, 15) is 14.7 Å². The van der Waals surface area contributed by atoms with Crippen LogP contribution in [0, 0.1) is 0 Å². The summed E-state index contributed by atoms with van der Waals surface area (Å²) in [5.41, 5.74) is 3.76. The molecule has 0 aliphatic heterocycles. The maximum absolute atomic E-state index is 13.1. The molecule has 3 rings (SSSR count). The van der Waals surface area contributed by atoms with Gasteiger partial charge in [0.25, 0.3) is 5.91 Å². The number of hydrogen-bond acceptors (Lipinski definition) is 6. The van der Waals surface area contributed by atoms with Crippen LogP contribution in [0.2, 0.25) is 0 Å². The van der Waals surface area contributed by atoms with E-state index in [0.29, 0.717) is 30.0 Å². The van der Waals surface area contributed by atoms with Crippen LogP contribution in [0.3, 0.4) is 0 Å². The second-order valence-corrected chi connectivity index (χ2v) is 8.31. The third kappa shape index (κ3) is 6.49. The normalized spacial score (nSPS) is 11.5. The largest absolute Gasteiger partial charge is 0.494 e. The quantitative estimate of drug-likeness (QED) is 0.388. The van der Waals surface area contributed by atoms with Crippen LogP contribution in [-0.2, 0) is 11.3 Å². The van der Waals surface area contributed by atoms with Crippen molar-refractivity contribution >= 4 is 29.3 Å².